The van der Waals surface area contributed by atoms with Crippen LogP contribution in [0, 0.1) is 6.92 Å². The van der Waals surface area contributed by atoms with Crippen LogP contribution in [0.25, 0.3) is 11.1 Å². The average molecular weight is 460 g/mol. The number of carbonyl (C=O) groups is 2. The number of aryl methyl sites for hydroxylation is 1. The van der Waals surface area contributed by atoms with Crippen molar-refractivity contribution in [2.24, 2.45) is 5.14 Å². The summed E-state index contributed by atoms with van der Waals surface area (Å²) in [6.07, 6.45) is 0. The van der Waals surface area contributed by atoms with Gasteiger partial charge in [-0.3, -0.25) is 9.59 Å². The lowest BCUT2D eigenvalue weighted by atomic mass is 10.1. The lowest BCUT2D eigenvalue weighted by Gasteiger charge is -2.14. The topological polar surface area (TPSA) is 128 Å². The van der Waals surface area contributed by atoms with Crippen molar-refractivity contribution in [3.8, 4) is 11.1 Å². The number of rotatable bonds is 7. The quantitative estimate of drug-likeness (QED) is 0.413. The number of nitrogens with zero attached hydrogens (tertiary/aromatic N) is 1. The van der Waals surface area contributed by atoms with E-state index in [1.54, 1.807) is 19.1 Å². The number of ether oxygens (including phenoxy) is 1. The number of thiazole rings is 1. The molecule has 1 heterocycles. The van der Waals surface area contributed by atoms with Crippen molar-refractivity contribution in [2.75, 3.05) is 11.9 Å². The molecule has 0 saturated carbocycles. The molecule has 1 atom stereocenters. The fourth-order valence-corrected chi connectivity index (χ4v) is 4.99. The Morgan fingerprint density at radius 1 is 1.10 bits per heavy atom. The van der Waals surface area contributed by atoms with Crippen molar-refractivity contribution in [1.82, 2.24) is 4.98 Å². The molecule has 31 heavy (non-hydrogen) atoms. The third-order valence-corrected chi connectivity index (χ3v) is 7.10. The number of hydrogen-bond donors (Lipinski definition) is 2. The number of esters is 1. The Labute approximate surface area is 184 Å². The van der Waals surface area contributed by atoms with Crippen molar-refractivity contribution < 1.29 is 22.7 Å². The Kier molecular flexibility index (Phi) is 6.84. The summed E-state index contributed by atoms with van der Waals surface area (Å²) in [6.45, 7) is 3.11. The predicted molar refractivity (Wildman–Crippen MR) is 118 cm³/mol. The van der Waals surface area contributed by atoms with Crippen LogP contribution < -0.4 is 10.5 Å². The van der Waals surface area contributed by atoms with E-state index in [2.05, 4.69) is 10.3 Å². The lowest BCUT2D eigenvalue weighted by molar-refractivity contribution is -0.147. The van der Waals surface area contributed by atoms with Gasteiger partial charge in [0.05, 0.1) is 12.3 Å². The van der Waals surface area contributed by atoms with Gasteiger partial charge in [0.1, 0.15) is 5.01 Å². The summed E-state index contributed by atoms with van der Waals surface area (Å²) >= 11 is 0.682. The molecular weight excluding hydrogens is 438 g/mol. The summed E-state index contributed by atoms with van der Waals surface area (Å²) < 4.78 is 28.3. The summed E-state index contributed by atoms with van der Waals surface area (Å²) in [5.41, 5.74) is 2.59. The van der Waals surface area contributed by atoms with Crippen LogP contribution in [0.5, 0.6) is 0 Å². The molecule has 2 aromatic carbocycles. The molecule has 162 valence electrons. The minimum Gasteiger partial charge on any atom is -0.465 e. The molecule has 0 fully saturated rings. The third-order valence-electron chi connectivity index (χ3n) is 4.32. The maximum absolute atomic E-state index is 12.9. The Balaban J connectivity index is 1.87. The van der Waals surface area contributed by atoms with Crippen LogP contribution in [-0.4, -0.2) is 31.9 Å². The number of nitrogens with one attached hydrogen (secondary N) is 1. The number of amides is 1. The number of anilines is 1. The largest absolute Gasteiger partial charge is 0.465 e. The molecule has 8 nitrogen and oxygen atoms in total. The Morgan fingerprint density at radius 3 is 2.26 bits per heavy atom. The molecule has 3 N–H and O–H groups in total. The van der Waals surface area contributed by atoms with Gasteiger partial charge >= 0.3 is 5.97 Å². The average Bonchev–Trinajstić information content (AvgIpc) is 3.11. The first kappa shape index (κ1) is 22.6. The van der Waals surface area contributed by atoms with Crippen molar-refractivity contribution in [3.63, 3.8) is 0 Å². The molecule has 1 amide bonds. The zero-order valence-electron chi connectivity index (χ0n) is 16.9. The molecular formula is C21H21N3O5S2. The standard InChI is InChI=1S/C21H21N3O5S2/c1-3-29-20(26)17(19-23-13(2)21(30-19)31(22,27)28)18(25)24-16-11-9-15(10-12-16)14-7-5-4-6-8-14/h4-12,17H,3H2,1-2H3,(H,24,25)(H2,22,27,28). The monoisotopic (exact) mass is 459 g/mol. The lowest BCUT2D eigenvalue weighted by Crippen LogP contribution is -2.29. The summed E-state index contributed by atoms with van der Waals surface area (Å²) in [6, 6.07) is 16.8. The normalized spacial score (nSPS) is 12.2. The van der Waals surface area contributed by atoms with Gasteiger partial charge in [-0.05, 0) is 37.1 Å². The number of primary sulfonamides is 1. The first-order valence-corrected chi connectivity index (χ1v) is 11.7. The highest BCUT2D eigenvalue weighted by atomic mass is 32.2. The Morgan fingerprint density at radius 2 is 1.71 bits per heavy atom. The molecule has 0 radical (unpaired) electrons. The maximum atomic E-state index is 12.9. The van der Waals surface area contributed by atoms with E-state index in [0.717, 1.165) is 11.1 Å². The zero-order chi connectivity index (χ0) is 22.6. The summed E-state index contributed by atoms with van der Waals surface area (Å²) in [5.74, 6) is -2.93. The van der Waals surface area contributed by atoms with Crippen LogP contribution in [0.2, 0.25) is 0 Å². The van der Waals surface area contributed by atoms with Gasteiger partial charge in [0, 0.05) is 5.69 Å². The predicted octanol–water partition coefficient (Wildman–Crippen LogP) is 3.05. The van der Waals surface area contributed by atoms with Gasteiger partial charge in [-0.1, -0.05) is 42.5 Å². The summed E-state index contributed by atoms with van der Waals surface area (Å²) in [7, 11) is -4.03. The second-order valence-electron chi connectivity index (χ2n) is 6.59. The van der Waals surface area contributed by atoms with Crippen molar-refractivity contribution in [1.29, 1.82) is 0 Å². The fourth-order valence-electron chi connectivity index (χ4n) is 2.93. The van der Waals surface area contributed by atoms with Crippen LogP contribution in [0.4, 0.5) is 5.69 Å². The van der Waals surface area contributed by atoms with Gasteiger partial charge in [0.25, 0.3) is 0 Å². The molecule has 0 aliphatic carbocycles. The maximum Gasteiger partial charge on any atom is 0.325 e. The fraction of sp³-hybridized carbons (Fsp3) is 0.190. The van der Waals surface area contributed by atoms with E-state index in [-0.39, 0.29) is 21.5 Å². The number of aromatic nitrogens is 1. The van der Waals surface area contributed by atoms with E-state index in [1.165, 1.54) is 6.92 Å². The second kappa shape index (κ2) is 9.38. The Hall–Kier alpha value is -3.08. The van der Waals surface area contributed by atoms with Crippen LogP contribution >= 0.6 is 11.3 Å². The highest BCUT2D eigenvalue weighted by Crippen LogP contribution is 2.30. The summed E-state index contributed by atoms with van der Waals surface area (Å²) in [4.78, 5) is 29.5. The number of carbonyl (C=O) groups excluding carboxylic acids is 2. The molecule has 0 aliphatic rings. The molecule has 1 unspecified atom stereocenters. The minimum atomic E-state index is -4.03. The third kappa shape index (κ3) is 5.35. The molecule has 10 heteroatoms. The van der Waals surface area contributed by atoms with Gasteiger partial charge in [0.2, 0.25) is 15.9 Å². The van der Waals surface area contributed by atoms with E-state index in [4.69, 9.17) is 9.88 Å². The van der Waals surface area contributed by atoms with E-state index >= 15 is 0 Å². The Bertz CT molecular complexity index is 1190. The number of nitrogens with two attached hydrogens (primary N) is 1. The van der Waals surface area contributed by atoms with E-state index in [1.807, 2.05) is 42.5 Å². The van der Waals surface area contributed by atoms with Gasteiger partial charge in [-0.15, -0.1) is 11.3 Å². The molecule has 0 spiro atoms. The number of sulfonamides is 1. The molecule has 0 saturated heterocycles. The van der Waals surface area contributed by atoms with Gasteiger partial charge < -0.3 is 10.1 Å². The first-order chi connectivity index (χ1) is 14.7. The molecule has 0 aliphatic heterocycles. The van der Waals surface area contributed by atoms with E-state index in [0.29, 0.717) is 17.0 Å². The van der Waals surface area contributed by atoms with E-state index in [9.17, 15) is 18.0 Å². The van der Waals surface area contributed by atoms with E-state index < -0.39 is 27.8 Å². The second-order valence-corrected chi connectivity index (χ2v) is 9.38. The summed E-state index contributed by atoms with van der Waals surface area (Å²) in [5, 5.41) is 7.86. The van der Waals surface area contributed by atoms with Crippen LogP contribution in [-0.2, 0) is 24.3 Å². The first-order valence-electron chi connectivity index (χ1n) is 9.33. The molecule has 1 aromatic heterocycles. The van der Waals surface area contributed by atoms with Crippen LogP contribution in [0.1, 0.15) is 23.5 Å². The SMILES string of the molecule is CCOC(=O)C(C(=O)Nc1ccc(-c2ccccc2)cc1)c1nc(C)c(S(N)(=O)=O)s1. The van der Waals surface area contributed by atoms with Gasteiger partial charge in [-0.25, -0.2) is 18.5 Å². The van der Waals surface area contributed by atoms with Crippen molar-refractivity contribution in [3.05, 3.63) is 65.3 Å². The van der Waals surface area contributed by atoms with Crippen molar-refractivity contribution in [2.45, 2.75) is 24.0 Å². The molecule has 0 bridgehead atoms. The van der Waals surface area contributed by atoms with Gasteiger partial charge in [-0.2, -0.15) is 0 Å². The number of hydrogen-bond acceptors (Lipinski definition) is 7. The van der Waals surface area contributed by atoms with Crippen LogP contribution in [0.15, 0.2) is 58.8 Å². The van der Waals surface area contributed by atoms with Crippen LogP contribution in [0.3, 0.4) is 0 Å². The highest BCUT2D eigenvalue weighted by Gasteiger charge is 2.35. The zero-order valence-corrected chi connectivity index (χ0v) is 18.5. The highest BCUT2D eigenvalue weighted by molar-refractivity contribution is 7.91. The molecule has 3 rings (SSSR count). The smallest absolute Gasteiger partial charge is 0.325 e. The number of benzene rings is 2. The molecule has 3 aromatic rings. The minimum absolute atomic E-state index is 0.00150. The van der Waals surface area contributed by atoms with Crippen molar-refractivity contribution >= 4 is 38.9 Å². The van der Waals surface area contributed by atoms with Gasteiger partial charge in [0.15, 0.2) is 10.1 Å².